The molecule has 3 heterocycles. The third-order valence-corrected chi connectivity index (χ3v) is 6.51. The van der Waals surface area contributed by atoms with E-state index in [0.29, 0.717) is 10.7 Å². The van der Waals surface area contributed by atoms with Crippen LogP contribution in [0, 0.1) is 0 Å². The number of nitrogens with one attached hydrogen (secondary N) is 1. The van der Waals surface area contributed by atoms with Gasteiger partial charge in [-0.3, -0.25) is 4.98 Å². The zero-order valence-corrected chi connectivity index (χ0v) is 14.9. The first-order valence-electron chi connectivity index (χ1n) is 7.94. The maximum atomic E-state index is 12.5. The van der Waals surface area contributed by atoms with Gasteiger partial charge in [-0.15, -0.1) is 0 Å². The minimum absolute atomic E-state index is 0.295. The van der Waals surface area contributed by atoms with E-state index in [1.54, 1.807) is 35.4 Å². The number of aryl methyl sites for hydroxylation is 1. The number of sulfonamides is 1. The molecule has 3 aromatic rings. The topological polar surface area (TPSA) is 84.8 Å². The smallest absolute Gasteiger partial charge is 0.241 e. The predicted octanol–water partition coefficient (Wildman–Crippen LogP) is 2.96. The molecule has 1 N–H and O–H groups in total. The molecule has 0 amide bonds. The summed E-state index contributed by atoms with van der Waals surface area (Å²) in [7, 11) is -3.53. The van der Waals surface area contributed by atoms with Crippen LogP contribution in [-0.2, 0) is 16.4 Å². The summed E-state index contributed by atoms with van der Waals surface area (Å²) >= 11 is 1.36. The molecule has 0 fully saturated rings. The van der Waals surface area contributed by atoms with Gasteiger partial charge in [-0.25, -0.2) is 23.1 Å². The summed E-state index contributed by atoms with van der Waals surface area (Å²) in [5.41, 5.74) is 2.61. The van der Waals surface area contributed by atoms with E-state index in [1.807, 2.05) is 12.1 Å². The van der Waals surface area contributed by atoms with Crippen LogP contribution in [0.15, 0.2) is 52.4 Å². The summed E-state index contributed by atoms with van der Waals surface area (Å²) in [6.07, 6.45) is 7.62. The predicted molar refractivity (Wildman–Crippen MR) is 95.6 cm³/mol. The highest BCUT2D eigenvalue weighted by atomic mass is 32.2. The highest BCUT2D eigenvalue weighted by Crippen LogP contribution is 2.31. The Morgan fingerprint density at radius 3 is 2.92 bits per heavy atom. The molecule has 0 aromatic carbocycles. The van der Waals surface area contributed by atoms with Crippen LogP contribution in [0.3, 0.4) is 0 Å². The summed E-state index contributed by atoms with van der Waals surface area (Å²) in [4.78, 5) is 13.5. The minimum atomic E-state index is -3.53. The monoisotopic (exact) mass is 372 g/mol. The first-order valence-corrected chi connectivity index (χ1v) is 10.4. The van der Waals surface area contributed by atoms with Crippen molar-refractivity contribution >= 4 is 21.4 Å². The summed E-state index contributed by atoms with van der Waals surface area (Å²) in [5, 5.41) is 3.39. The minimum Gasteiger partial charge on any atom is -0.264 e. The molecule has 8 heteroatoms. The second kappa shape index (κ2) is 6.62. The van der Waals surface area contributed by atoms with E-state index in [9.17, 15) is 8.42 Å². The average Bonchev–Trinajstić information content (AvgIpc) is 3.18. The Kier molecular flexibility index (Phi) is 4.32. The molecule has 0 bridgehead atoms. The van der Waals surface area contributed by atoms with Crippen molar-refractivity contribution in [2.45, 2.75) is 30.2 Å². The van der Waals surface area contributed by atoms with Crippen molar-refractivity contribution < 1.29 is 8.42 Å². The highest BCUT2D eigenvalue weighted by Gasteiger charge is 2.27. The van der Waals surface area contributed by atoms with E-state index in [4.69, 9.17) is 0 Å². The van der Waals surface area contributed by atoms with Crippen molar-refractivity contribution in [3.8, 4) is 11.4 Å². The first kappa shape index (κ1) is 16.3. The molecule has 0 aliphatic heterocycles. The molecule has 1 atom stereocenters. The van der Waals surface area contributed by atoms with Crippen LogP contribution in [0.2, 0.25) is 0 Å². The van der Waals surface area contributed by atoms with Crippen molar-refractivity contribution in [3.63, 3.8) is 0 Å². The molecule has 0 radical (unpaired) electrons. The molecule has 1 aliphatic rings. The second-order valence-corrected chi connectivity index (χ2v) is 8.36. The Hall–Kier alpha value is -2.16. The number of aromatic nitrogens is 3. The lowest BCUT2D eigenvalue weighted by molar-refractivity contribution is 0.500. The van der Waals surface area contributed by atoms with Crippen molar-refractivity contribution in [1.82, 2.24) is 19.7 Å². The van der Waals surface area contributed by atoms with E-state index in [-0.39, 0.29) is 6.04 Å². The van der Waals surface area contributed by atoms with Gasteiger partial charge < -0.3 is 0 Å². The van der Waals surface area contributed by atoms with Crippen LogP contribution in [0.5, 0.6) is 0 Å². The maximum absolute atomic E-state index is 12.5. The Morgan fingerprint density at radius 2 is 2.16 bits per heavy atom. The molecule has 3 aromatic heterocycles. The average molecular weight is 372 g/mol. The van der Waals surface area contributed by atoms with Crippen LogP contribution in [0.25, 0.3) is 11.4 Å². The molecule has 6 nitrogen and oxygen atoms in total. The van der Waals surface area contributed by atoms with Gasteiger partial charge in [0, 0.05) is 40.8 Å². The molecular weight excluding hydrogens is 356 g/mol. The Bertz CT molecular complexity index is 973. The van der Waals surface area contributed by atoms with Crippen molar-refractivity contribution in [3.05, 3.63) is 58.8 Å². The van der Waals surface area contributed by atoms with Gasteiger partial charge >= 0.3 is 0 Å². The first-order chi connectivity index (χ1) is 12.1. The third-order valence-electron chi connectivity index (χ3n) is 4.20. The fourth-order valence-electron chi connectivity index (χ4n) is 2.96. The standard InChI is InChI=1S/C17H16N4O2S2/c22-25(23,13-6-8-24-11-13)21-16-5-1-4-15-14(16)10-19-17(20-15)12-3-2-7-18-9-12/h2-3,6-11,16,21H,1,4-5H2/t16-/m1/s1. The van der Waals surface area contributed by atoms with E-state index in [0.717, 1.165) is 36.1 Å². The third kappa shape index (κ3) is 3.33. The quantitative estimate of drug-likeness (QED) is 0.761. The molecular formula is C17H16N4O2S2. The van der Waals surface area contributed by atoms with Gasteiger partial charge in [0.2, 0.25) is 10.0 Å². The molecule has 4 rings (SSSR count). The molecule has 1 aliphatic carbocycles. The lowest BCUT2D eigenvalue weighted by Gasteiger charge is -2.25. The lowest BCUT2D eigenvalue weighted by Crippen LogP contribution is -2.31. The van der Waals surface area contributed by atoms with Gasteiger partial charge in [-0.2, -0.15) is 11.3 Å². The van der Waals surface area contributed by atoms with Crippen LogP contribution in [0.1, 0.15) is 30.1 Å². The Balaban J connectivity index is 1.65. The molecule has 0 saturated carbocycles. The van der Waals surface area contributed by atoms with E-state index in [1.165, 1.54) is 11.3 Å². The van der Waals surface area contributed by atoms with Crippen LogP contribution >= 0.6 is 11.3 Å². The summed E-state index contributed by atoms with van der Waals surface area (Å²) in [5.74, 6) is 0.619. The summed E-state index contributed by atoms with van der Waals surface area (Å²) in [6, 6.07) is 5.07. The largest absolute Gasteiger partial charge is 0.264 e. The van der Waals surface area contributed by atoms with Gasteiger partial charge in [-0.05, 0) is 42.8 Å². The van der Waals surface area contributed by atoms with Crippen molar-refractivity contribution in [2.24, 2.45) is 0 Å². The van der Waals surface area contributed by atoms with Crippen LogP contribution in [0.4, 0.5) is 0 Å². The van der Waals surface area contributed by atoms with E-state index in [2.05, 4.69) is 19.7 Å². The van der Waals surface area contributed by atoms with Crippen LogP contribution in [-0.4, -0.2) is 23.4 Å². The number of pyridine rings is 1. The Morgan fingerprint density at radius 1 is 1.24 bits per heavy atom. The number of fused-ring (bicyclic) bond motifs is 1. The lowest BCUT2D eigenvalue weighted by atomic mass is 9.93. The van der Waals surface area contributed by atoms with Gasteiger partial charge in [0.05, 0.1) is 10.9 Å². The molecule has 128 valence electrons. The SMILES string of the molecule is O=S(=O)(N[C@@H]1CCCc2nc(-c3cccnc3)ncc21)c1ccsc1. The van der Waals surface area contributed by atoms with Gasteiger partial charge in [-0.1, -0.05) is 0 Å². The van der Waals surface area contributed by atoms with E-state index < -0.39 is 10.0 Å². The van der Waals surface area contributed by atoms with Gasteiger partial charge in [0.15, 0.2) is 5.82 Å². The fourth-order valence-corrected chi connectivity index (χ4v) is 5.24. The number of hydrogen-bond acceptors (Lipinski definition) is 6. The highest BCUT2D eigenvalue weighted by molar-refractivity contribution is 7.89. The number of thiophene rings is 1. The maximum Gasteiger partial charge on any atom is 0.241 e. The number of rotatable bonds is 4. The van der Waals surface area contributed by atoms with Gasteiger partial charge in [0.25, 0.3) is 0 Å². The molecule has 0 spiro atoms. The summed E-state index contributed by atoms with van der Waals surface area (Å²) in [6.45, 7) is 0. The molecule has 0 unspecified atom stereocenters. The van der Waals surface area contributed by atoms with Gasteiger partial charge in [0.1, 0.15) is 0 Å². The number of nitrogens with zero attached hydrogens (tertiary/aromatic N) is 3. The van der Waals surface area contributed by atoms with Crippen molar-refractivity contribution in [1.29, 1.82) is 0 Å². The molecule has 0 saturated heterocycles. The van der Waals surface area contributed by atoms with Crippen molar-refractivity contribution in [2.75, 3.05) is 0 Å². The second-order valence-electron chi connectivity index (χ2n) is 5.86. The zero-order valence-electron chi connectivity index (χ0n) is 13.3. The number of hydrogen-bond donors (Lipinski definition) is 1. The fraction of sp³-hybridized carbons (Fsp3) is 0.235. The molecule has 25 heavy (non-hydrogen) atoms. The normalized spacial score (nSPS) is 17.2. The summed E-state index contributed by atoms with van der Waals surface area (Å²) < 4.78 is 27.8. The van der Waals surface area contributed by atoms with E-state index >= 15 is 0 Å². The zero-order chi connectivity index (χ0) is 17.3. The van der Waals surface area contributed by atoms with Crippen LogP contribution < -0.4 is 4.72 Å². The Labute approximate surface area is 150 Å².